The van der Waals surface area contributed by atoms with Crippen molar-refractivity contribution in [2.45, 2.75) is 19.4 Å². The highest BCUT2D eigenvalue weighted by Gasteiger charge is 2.14. The molecule has 1 heterocycles. The van der Waals surface area contributed by atoms with Crippen molar-refractivity contribution in [1.82, 2.24) is 5.32 Å². The van der Waals surface area contributed by atoms with Gasteiger partial charge >= 0.3 is 0 Å². The van der Waals surface area contributed by atoms with Gasteiger partial charge in [-0.15, -0.1) is 0 Å². The van der Waals surface area contributed by atoms with Crippen molar-refractivity contribution < 1.29 is 14.6 Å². The van der Waals surface area contributed by atoms with Crippen LogP contribution in [-0.4, -0.2) is 50.7 Å². The fraction of sp³-hybridized carbons (Fsp3) is 1.00. The second kappa shape index (κ2) is 7.17. The third-order valence-corrected chi connectivity index (χ3v) is 2.34. The Morgan fingerprint density at radius 1 is 1.43 bits per heavy atom. The van der Waals surface area contributed by atoms with Crippen LogP contribution in [0, 0.1) is 5.92 Å². The molecule has 1 aliphatic heterocycles. The minimum atomic E-state index is -0.482. The van der Waals surface area contributed by atoms with E-state index in [4.69, 9.17) is 9.47 Å². The molecule has 0 saturated carbocycles. The van der Waals surface area contributed by atoms with Gasteiger partial charge < -0.3 is 19.9 Å². The Balaban J connectivity index is 1.91. The maximum Gasteiger partial charge on any atom is 0.101 e. The molecule has 2 atom stereocenters. The van der Waals surface area contributed by atoms with E-state index in [9.17, 15) is 5.11 Å². The zero-order valence-corrected chi connectivity index (χ0v) is 8.87. The lowest BCUT2D eigenvalue weighted by Gasteiger charge is -2.13. The number of hydrogen-bond donors (Lipinski definition) is 2. The first-order chi connectivity index (χ1) is 6.83. The van der Waals surface area contributed by atoms with E-state index in [2.05, 4.69) is 5.32 Å². The summed E-state index contributed by atoms with van der Waals surface area (Å²) in [6.07, 6.45) is 0.700. The second-order valence-corrected chi connectivity index (χ2v) is 3.71. The minimum Gasteiger partial charge on any atom is -0.388 e. The molecule has 84 valence electrons. The number of rotatable bonds is 7. The summed E-state index contributed by atoms with van der Waals surface area (Å²) in [7, 11) is 0. The van der Waals surface area contributed by atoms with Crippen molar-refractivity contribution in [3.05, 3.63) is 0 Å². The van der Waals surface area contributed by atoms with Crippen molar-refractivity contribution >= 4 is 0 Å². The molecule has 1 rings (SSSR count). The third-order valence-electron chi connectivity index (χ3n) is 2.34. The number of aliphatic hydroxyl groups is 1. The van der Waals surface area contributed by atoms with Gasteiger partial charge in [-0.1, -0.05) is 0 Å². The number of nitrogens with one attached hydrogen (secondary N) is 1. The van der Waals surface area contributed by atoms with E-state index in [1.165, 1.54) is 6.42 Å². The molecule has 4 heteroatoms. The number of ether oxygens (including phenoxy) is 2. The second-order valence-electron chi connectivity index (χ2n) is 3.71. The van der Waals surface area contributed by atoms with E-state index in [-0.39, 0.29) is 0 Å². The van der Waals surface area contributed by atoms with Gasteiger partial charge in [0.05, 0.1) is 19.8 Å². The van der Waals surface area contributed by atoms with Crippen LogP contribution < -0.4 is 5.32 Å². The molecule has 0 aliphatic carbocycles. The smallest absolute Gasteiger partial charge is 0.101 e. The molecule has 0 aromatic rings. The van der Waals surface area contributed by atoms with Crippen LogP contribution in [0.15, 0.2) is 0 Å². The summed E-state index contributed by atoms with van der Waals surface area (Å²) in [6, 6.07) is 0. The Labute approximate surface area is 85.6 Å². The van der Waals surface area contributed by atoms with Crippen LogP contribution in [0.1, 0.15) is 13.3 Å². The lowest BCUT2D eigenvalue weighted by molar-refractivity contribution is -0.0224. The Bertz CT molecular complexity index is 137. The Kier molecular flexibility index (Phi) is 6.10. The summed E-state index contributed by atoms with van der Waals surface area (Å²) in [4.78, 5) is 0. The Morgan fingerprint density at radius 2 is 2.21 bits per heavy atom. The molecule has 0 amide bonds. The monoisotopic (exact) mass is 203 g/mol. The molecular formula is C10H21NO3. The van der Waals surface area contributed by atoms with Crippen LogP contribution in [0.25, 0.3) is 0 Å². The van der Waals surface area contributed by atoms with Gasteiger partial charge in [0.2, 0.25) is 0 Å². The predicted molar refractivity (Wildman–Crippen MR) is 54.3 cm³/mol. The first kappa shape index (κ1) is 11.9. The molecular weight excluding hydrogens is 182 g/mol. The minimum absolute atomic E-state index is 0.374. The molecule has 1 fully saturated rings. The summed E-state index contributed by atoms with van der Waals surface area (Å²) in [5.41, 5.74) is 0. The SMILES string of the molecule is CCOCC(O)COCC1CCNC1. The van der Waals surface area contributed by atoms with Crippen LogP contribution in [0.2, 0.25) is 0 Å². The van der Waals surface area contributed by atoms with Gasteiger partial charge in [0.15, 0.2) is 0 Å². The topological polar surface area (TPSA) is 50.7 Å². The van der Waals surface area contributed by atoms with Gasteiger partial charge in [0.1, 0.15) is 6.10 Å². The summed E-state index contributed by atoms with van der Waals surface area (Å²) in [5.74, 6) is 0.620. The normalized spacial score (nSPS) is 24.0. The van der Waals surface area contributed by atoms with Crippen molar-refractivity contribution in [3.63, 3.8) is 0 Å². The van der Waals surface area contributed by atoms with E-state index >= 15 is 0 Å². The van der Waals surface area contributed by atoms with Crippen LogP contribution in [0.5, 0.6) is 0 Å². The van der Waals surface area contributed by atoms with E-state index in [1.54, 1.807) is 0 Å². The maximum atomic E-state index is 9.39. The van der Waals surface area contributed by atoms with Crippen molar-refractivity contribution in [2.24, 2.45) is 5.92 Å². The zero-order chi connectivity index (χ0) is 10.2. The number of aliphatic hydroxyl groups excluding tert-OH is 1. The van der Waals surface area contributed by atoms with Crippen LogP contribution in [-0.2, 0) is 9.47 Å². The lowest BCUT2D eigenvalue weighted by atomic mass is 10.1. The van der Waals surface area contributed by atoms with E-state index in [0.29, 0.717) is 25.7 Å². The molecule has 2 unspecified atom stereocenters. The molecule has 0 radical (unpaired) electrons. The van der Waals surface area contributed by atoms with Gasteiger partial charge in [-0.3, -0.25) is 0 Å². The first-order valence-electron chi connectivity index (χ1n) is 5.37. The molecule has 0 aromatic carbocycles. The molecule has 0 spiro atoms. The molecule has 1 saturated heterocycles. The fourth-order valence-electron chi connectivity index (χ4n) is 1.53. The highest BCUT2D eigenvalue weighted by molar-refractivity contribution is 4.70. The van der Waals surface area contributed by atoms with E-state index in [0.717, 1.165) is 19.7 Å². The molecule has 4 nitrogen and oxygen atoms in total. The van der Waals surface area contributed by atoms with E-state index < -0.39 is 6.10 Å². The van der Waals surface area contributed by atoms with Gasteiger partial charge in [-0.05, 0) is 25.8 Å². The molecule has 0 aromatic heterocycles. The quantitative estimate of drug-likeness (QED) is 0.612. The zero-order valence-electron chi connectivity index (χ0n) is 8.87. The first-order valence-corrected chi connectivity index (χ1v) is 5.37. The average molecular weight is 203 g/mol. The summed E-state index contributed by atoms with van der Waals surface area (Å²) in [6.45, 7) is 6.20. The van der Waals surface area contributed by atoms with Crippen molar-refractivity contribution in [3.8, 4) is 0 Å². The standard InChI is InChI=1S/C10H21NO3/c1-2-13-7-10(12)8-14-6-9-3-4-11-5-9/h9-12H,2-8H2,1H3. The Hall–Kier alpha value is -0.160. The lowest BCUT2D eigenvalue weighted by Crippen LogP contribution is -2.24. The molecule has 14 heavy (non-hydrogen) atoms. The average Bonchev–Trinajstić information content (AvgIpc) is 2.67. The summed E-state index contributed by atoms with van der Waals surface area (Å²) < 4.78 is 10.5. The molecule has 1 aliphatic rings. The fourth-order valence-corrected chi connectivity index (χ4v) is 1.53. The largest absolute Gasteiger partial charge is 0.388 e. The van der Waals surface area contributed by atoms with Gasteiger partial charge in [-0.2, -0.15) is 0 Å². The highest BCUT2D eigenvalue weighted by Crippen LogP contribution is 2.07. The highest BCUT2D eigenvalue weighted by atomic mass is 16.5. The molecule has 2 N–H and O–H groups in total. The number of hydrogen-bond acceptors (Lipinski definition) is 4. The summed E-state index contributed by atoms with van der Waals surface area (Å²) in [5, 5.41) is 12.7. The van der Waals surface area contributed by atoms with Crippen molar-refractivity contribution in [2.75, 3.05) is 39.5 Å². The maximum absolute atomic E-state index is 9.39. The van der Waals surface area contributed by atoms with Crippen LogP contribution in [0.4, 0.5) is 0 Å². The van der Waals surface area contributed by atoms with E-state index in [1.807, 2.05) is 6.92 Å². The molecule has 0 bridgehead atoms. The van der Waals surface area contributed by atoms with Gasteiger partial charge in [0.25, 0.3) is 0 Å². The Morgan fingerprint density at radius 3 is 2.86 bits per heavy atom. The van der Waals surface area contributed by atoms with Crippen LogP contribution >= 0.6 is 0 Å². The predicted octanol–water partition coefficient (Wildman–Crippen LogP) is 0.00990. The van der Waals surface area contributed by atoms with Crippen molar-refractivity contribution in [1.29, 1.82) is 0 Å². The third kappa shape index (κ3) is 4.91. The van der Waals surface area contributed by atoms with Crippen LogP contribution in [0.3, 0.4) is 0 Å². The summed E-state index contributed by atoms with van der Waals surface area (Å²) >= 11 is 0. The van der Waals surface area contributed by atoms with Gasteiger partial charge in [-0.25, -0.2) is 0 Å². The van der Waals surface area contributed by atoms with Gasteiger partial charge in [0, 0.05) is 13.2 Å².